The molecule has 0 aliphatic carbocycles. The zero-order valence-corrected chi connectivity index (χ0v) is 10.6. The van der Waals surface area contributed by atoms with Gasteiger partial charge in [0.05, 0.1) is 5.56 Å². The lowest BCUT2D eigenvalue weighted by Gasteiger charge is -2.09. The van der Waals surface area contributed by atoms with Crippen molar-refractivity contribution in [3.05, 3.63) is 59.7 Å². The van der Waals surface area contributed by atoms with E-state index in [9.17, 15) is 9.90 Å². The highest BCUT2D eigenvalue weighted by Crippen LogP contribution is 2.19. The lowest BCUT2D eigenvalue weighted by Crippen LogP contribution is -2.12. The molecular formula is C15H16N2O2. The maximum Gasteiger partial charge on any atom is 0.259 e. The smallest absolute Gasteiger partial charge is 0.259 e. The third-order valence-corrected chi connectivity index (χ3v) is 2.84. The van der Waals surface area contributed by atoms with Crippen LogP contribution in [0, 0.1) is 0 Å². The number of hydrogen-bond acceptors (Lipinski definition) is 3. The standard InChI is InChI=1S/C15H16N2O2/c1-10(16)11-6-8-12(9-7-11)17-15(19)13-4-2-3-5-14(13)18/h2-10,18H,16H2,1H3,(H,17,19). The van der Waals surface area contributed by atoms with Crippen LogP contribution in [0.15, 0.2) is 48.5 Å². The van der Waals surface area contributed by atoms with E-state index >= 15 is 0 Å². The Balaban J connectivity index is 2.13. The number of anilines is 1. The Morgan fingerprint density at radius 3 is 2.37 bits per heavy atom. The van der Waals surface area contributed by atoms with Gasteiger partial charge < -0.3 is 16.2 Å². The fourth-order valence-electron chi connectivity index (χ4n) is 1.73. The van der Waals surface area contributed by atoms with E-state index in [2.05, 4.69) is 5.32 Å². The van der Waals surface area contributed by atoms with E-state index in [0.29, 0.717) is 5.69 Å². The molecule has 0 heterocycles. The van der Waals surface area contributed by atoms with Crippen molar-refractivity contribution in [1.29, 1.82) is 0 Å². The van der Waals surface area contributed by atoms with Crippen molar-refractivity contribution in [2.45, 2.75) is 13.0 Å². The second-order valence-electron chi connectivity index (χ2n) is 4.38. The molecule has 4 nitrogen and oxygen atoms in total. The van der Waals surface area contributed by atoms with E-state index in [1.807, 2.05) is 19.1 Å². The molecule has 1 atom stereocenters. The Morgan fingerprint density at radius 1 is 1.16 bits per heavy atom. The van der Waals surface area contributed by atoms with Crippen LogP contribution < -0.4 is 11.1 Å². The molecule has 4 heteroatoms. The minimum Gasteiger partial charge on any atom is -0.507 e. The predicted molar refractivity (Wildman–Crippen MR) is 75.1 cm³/mol. The van der Waals surface area contributed by atoms with Gasteiger partial charge in [0.25, 0.3) is 5.91 Å². The largest absolute Gasteiger partial charge is 0.507 e. The van der Waals surface area contributed by atoms with Crippen LogP contribution in [-0.4, -0.2) is 11.0 Å². The van der Waals surface area contributed by atoms with Crippen molar-refractivity contribution in [1.82, 2.24) is 0 Å². The average Bonchev–Trinajstić information content (AvgIpc) is 2.39. The van der Waals surface area contributed by atoms with Crippen molar-refractivity contribution in [3.8, 4) is 5.75 Å². The van der Waals surface area contributed by atoms with E-state index in [-0.39, 0.29) is 23.3 Å². The van der Waals surface area contributed by atoms with Crippen molar-refractivity contribution in [3.63, 3.8) is 0 Å². The summed E-state index contributed by atoms with van der Waals surface area (Å²) >= 11 is 0. The molecule has 4 N–H and O–H groups in total. The van der Waals surface area contributed by atoms with Crippen LogP contribution in [0.2, 0.25) is 0 Å². The van der Waals surface area contributed by atoms with E-state index in [0.717, 1.165) is 5.56 Å². The molecule has 2 aromatic rings. The van der Waals surface area contributed by atoms with Gasteiger partial charge >= 0.3 is 0 Å². The quantitative estimate of drug-likeness (QED) is 0.790. The number of nitrogens with two attached hydrogens (primary N) is 1. The molecule has 98 valence electrons. The molecular weight excluding hydrogens is 240 g/mol. The summed E-state index contributed by atoms with van der Waals surface area (Å²) in [7, 11) is 0. The molecule has 0 aromatic heterocycles. The molecule has 0 radical (unpaired) electrons. The highest BCUT2D eigenvalue weighted by atomic mass is 16.3. The van der Waals surface area contributed by atoms with Crippen molar-refractivity contribution in [2.75, 3.05) is 5.32 Å². The van der Waals surface area contributed by atoms with Crippen molar-refractivity contribution >= 4 is 11.6 Å². The normalized spacial score (nSPS) is 11.9. The third-order valence-electron chi connectivity index (χ3n) is 2.84. The van der Waals surface area contributed by atoms with Crippen molar-refractivity contribution < 1.29 is 9.90 Å². The first-order valence-corrected chi connectivity index (χ1v) is 6.03. The Labute approximate surface area is 111 Å². The molecule has 0 saturated carbocycles. The van der Waals surface area contributed by atoms with Crippen LogP contribution in [0.5, 0.6) is 5.75 Å². The summed E-state index contributed by atoms with van der Waals surface area (Å²) in [5.74, 6) is -0.376. The molecule has 0 spiro atoms. The first-order valence-electron chi connectivity index (χ1n) is 6.03. The second-order valence-corrected chi connectivity index (χ2v) is 4.38. The van der Waals surface area contributed by atoms with Gasteiger partial charge in [0.15, 0.2) is 0 Å². The number of nitrogens with one attached hydrogen (secondary N) is 1. The highest BCUT2D eigenvalue weighted by molar-refractivity contribution is 6.06. The number of benzene rings is 2. The van der Waals surface area contributed by atoms with Gasteiger partial charge in [-0.25, -0.2) is 0 Å². The summed E-state index contributed by atoms with van der Waals surface area (Å²) in [6, 6.07) is 13.7. The van der Waals surface area contributed by atoms with Gasteiger partial charge in [-0.05, 0) is 36.8 Å². The van der Waals surface area contributed by atoms with Gasteiger partial charge in [0.1, 0.15) is 5.75 Å². The lowest BCUT2D eigenvalue weighted by atomic mass is 10.1. The number of phenolic OH excluding ortho intramolecular Hbond substituents is 1. The summed E-state index contributed by atoms with van der Waals surface area (Å²) < 4.78 is 0. The fraction of sp³-hybridized carbons (Fsp3) is 0.133. The number of carbonyl (C=O) groups is 1. The molecule has 1 amide bonds. The molecule has 2 rings (SSSR count). The Kier molecular flexibility index (Phi) is 3.82. The van der Waals surface area contributed by atoms with Gasteiger partial charge in [-0.1, -0.05) is 24.3 Å². The van der Waals surface area contributed by atoms with Gasteiger partial charge in [-0.3, -0.25) is 4.79 Å². The third kappa shape index (κ3) is 3.11. The van der Waals surface area contributed by atoms with E-state index in [1.54, 1.807) is 30.3 Å². The predicted octanol–water partition coefficient (Wildman–Crippen LogP) is 2.66. The fourth-order valence-corrected chi connectivity index (χ4v) is 1.73. The summed E-state index contributed by atoms with van der Waals surface area (Å²) in [6.45, 7) is 1.90. The topological polar surface area (TPSA) is 75.3 Å². The maximum atomic E-state index is 12.0. The molecule has 0 saturated heterocycles. The summed E-state index contributed by atoms with van der Waals surface area (Å²) in [5.41, 5.74) is 7.67. The molecule has 19 heavy (non-hydrogen) atoms. The summed E-state index contributed by atoms with van der Waals surface area (Å²) in [6.07, 6.45) is 0. The van der Waals surface area contributed by atoms with Gasteiger partial charge in [0, 0.05) is 11.7 Å². The van der Waals surface area contributed by atoms with Crippen molar-refractivity contribution in [2.24, 2.45) is 5.73 Å². The monoisotopic (exact) mass is 256 g/mol. The number of para-hydroxylation sites is 1. The molecule has 2 aromatic carbocycles. The summed E-state index contributed by atoms with van der Waals surface area (Å²) in [5, 5.41) is 12.3. The molecule has 0 aliphatic rings. The van der Waals surface area contributed by atoms with Crippen LogP contribution in [0.1, 0.15) is 28.9 Å². The van der Waals surface area contributed by atoms with Crippen LogP contribution in [-0.2, 0) is 0 Å². The molecule has 1 unspecified atom stereocenters. The number of hydrogen-bond donors (Lipinski definition) is 3. The SMILES string of the molecule is CC(N)c1ccc(NC(=O)c2ccccc2O)cc1. The van der Waals surface area contributed by atoms with Gasteiger partial charge in [-0.2, -0.15) is 0 Å². The van der Waals surface area contributed by atoms with E-state index in [1.165, 1.54) is 6.07 Å². The van der Waals surface area contributed by atoms with E-state index in [4.69, 9.17) is 5.73 Å². The minimum atomic E-state index is -0.341. The summed E-state index contributed by atoms with van der Waals surface area (Å²) in [4.78, 5) is 12.0. The first-order chi connectivity index (χ1) is 9.08. The molecule has 0 bridgehead atoms. The second kappa shape index (κ2) is 5.54. The Hall–Kier alpha value is -2.33. The maximum absolute atomic E-state index is 12.0. The van der Waals surface area contributed by atoms with Crippen LogP contribution in [0.25, 0.3) is 0 Å². The average molecular weight is 256 g/mol. The Morgan fingerprint density at radius 2 is 1.79 bits per heavy atom. The van der Waals surface area contributed by atoms with Gasteiger partial charge in [0.2, 0.25) is 0 Å². The zero-order chi connectivity index (χ0) is 13.8. The zero-order valence-electron chi connectivity index (χ0n) is 10.6. The molecule has 0 aliphatic heterocycles. The number of aromatic hydroxyl groups is 1. The number of carbonyl (C=O) groups excluding carboxylic acids is 1. The molecule has 0 fully saturated rings. The number of amides is 1. The Bertz CT molecular complexity index is 577. The van der Waals surface area contributed by atoms with Crippen LogP contribution >= 0.6 is 0 Å². The minimum absolute atomic E-state index is 0.0350. The number of rotatable bonds is 3. The number of phenols is 1. The lowest BCUT2D eigenvalue weighted by molar-refractivity contribution is 0.102. The van der Waals surface area contributed by atoms with Crippen LogP contribution in [0.3, 0.4) is 0 Å². The van der Waals surface area contributed by atoms with Crippen LogP contribution in [0.4, 0.5) is 5.69 Å². The van der Waals surface area contributed by atoms with Gasteiger partial charge in [-0.15, -0.1) is 0 Å². The van der Waals surface area contributed by atoms with E-state index < -0.39 is 0 Å². The first kappa shape index (κ1) is 13.1. The highest BCUT2D eigenvalue weighted by Gasteiger charge is 2.10.